The second-order valence-electron chi connectivity index (χ2n) is 9.01. The second-order valence-corrected chi connectivity index (χ2v) is 9.01. The number of halogens is 1. The Hall–Kier alpha value is -3.74. The van der Waals surface area contributed by atoms with Crippen LogP contribution in [0.25, 0.3) is 16.7 Å². The number of nitrogens with zero attached hydrogens (tertiary/aromatic N) is 4. The normalized spacial score (nSPS) is 17.9. The van der Waals surface area contributed by atoms with E-state index in [-0.39, 0.29) is 11.9 Å². The first kappa shape index (κ1) is 19.9. The first-order valence-electron chi connectivity index (χ1n) is 11.3. The van der Waals surface area contributed by atoms with Crippen LogP contribution in [0.2, 0.25) is 0 Å². The molecule has 1 aliphatic heterocycles. The molecule has 2 aromatic carbocycles. The van der Waals surface area contributed by atoms with Crippen molar-refractivity contribution in [2.75, 3.05) is 12.3 Å². The van der Waals surface area contributed by atoms with Gasteiger partial charge in [0.2, 0.25) is 0 Å². The van der Waals surface area contributed by atoms with Crippen molar-refractivity contribution < 1.29 is 9.18 Å². The Morgan fingerprint density at radius 1 is 1.12 bits per heavy atom. The number of carbonyl (C=O) groups excluding carboxylic acids is 1. The third kappa shape index (κ3) is 3.35. The second kappa shape index (κ2) is 7.40. The molecule has 7 heteroatoms. The lowest BCUT2D eigenvalue weighted by Gasteiger charge is -2.35. The van der Waals surface area contributed by atoms with E-state index in [9.17, 15) is 9.18 Å². The fourth-order valence-electron chi connectivity index (χ4n) is 4.87. The molecule has 1 saturated carbocycles. The van der Waals surface area contributed by atoms with Crippen LogP contribution in [-0.2, 0) is 6.42 Å². The van der Waals surface area contributed by atoms with Crippen molar-refractivity contribution in [1.29, 1.82) is 0 Å². The van der Waals surface area contributed by atoms with E-state index >= 15 is 0 Å². The molecule has 3 heterocycles. The van der Waals surface area contributed by atoms with E-state index in [0.29, 0.717) is 35.0 Å². The van der Waals surface area contributed by atoms with E-state index in [4.69, 9.17) is 5.73 Å². The fraction of sp³-hybridized carbons (Fsp3) is 0.269. The smallest absolute Gasteiger partial charge is 0.273 e. The number of rotatable bonds is 3. The van der Waals surface area contributed by atoms with Gasteiger partial charge >= 0.3 is 0 Å². The molecule has 1 fully saturated rings. The Morgan fingerprint density at radius 3 is 2.73 bits per heavy atom. The van der Waals surface area contributed by atoms with Crippen LogP contribution in [0.4, 0.5) is 10.1 Å². The molecule has 0 saturated heterocycles. The monoisotopic (exact) mass is 441 g/mol. The molecule has 0 bridgehead atoms. The third-order valence-corrected chi connectivity index (χ3v) is 6.81. The lowest BCUT2D eigenvalue weighted by Crippen LogP contribution is -2.39. The number of aromatic nitrogens is 3. The van der Waals surface area contributed by atoms with Gasteiger partial charge < -0.3 is 10.6 Å². The molecular weight excluding hydrogens is 417 g/mol. The Morgan fingerprint density at radius 2 is 1.94 bits per heavy atom. The number of amides is 1. The van der Waals surface area contributed by atoms with Gasteiger partial charge in [0.05, 0.1) is 12.2 Å². The first-order chi connectivity index (χ1) is 16.0. The van der Waals surface area contributed by atoms with Crippen LogP contribution in [0, 0.1) is 5.82 Å². The average Bonchev–Trinajstić information content (AvgIpc) is 3.57. The van der Waals surface area contributed by atoms with Crippen LogP contribution >= 0.6 is 0 Å². The minimum Gasteiger partial charge on any atom is -0.399 e. The summed E-state index contributed by atoms with van der Waals surface area (Å²) in [4.78, 5) is 20.2. The van der Waals surface area contributed by atoms with Gasteiger partial charge in [-0.15, -0.1) is 0 Å². The predicted octanol–water partition coefficient (Wildman–Crippen LogP) is 4.78. The maximum atomic E-state index is 14.5. The zero-order valence-corrected chi connectivity index (χ0v) is 18.3. The number of hydrogen-bond acceptors (Lipinski definition) is 4. The summed E-state index contributed by atoms with van der Waals surface area (Å²) in [6, 6.07) is 14.7. The summed E-state index contributed by atoms with van der Waals surface area (Å²) in [7, 11) is 0. The van der Waals surface area contributed by atoms with Gasteiger partial charge in [-0.25, -0.2) is 14.1 Å². The highest BCUT2D eigenvalue weighted by Gasteiger charge is 2.32. The maximum absolute atomic E-state index is 14.5. The molecule has 2 N–H and O–H groups in total. The summed E-state index contributed by atoms with van der Waals surface area (Å²) in [5.41, 5.74) is 11.6. The summed E-state index contributed by atoms with van der Waals surface area (Å²) in [5, 5.41) is 4.64. The van der Waals surface area contributed by atoms with Crippen molar-refractivity contribution in [1.82, 2.24) is 19.7 Å². The Balaban J connectivity index is 1.41. The molecule has 1 aliphatic carbocycles. The predicted molar refractivity (Wildman–Crippen MR) is 125 cm³/mol. The minimum absolute atomic E-state index is 0.0177. The van der Waals surface area contributed by atoms with Crippen LogP contribution in [0.1, 0.15) is 58.9 Å². The van der Waals surface area contributed by atoms with Crippen molar-refractivity contribution in [2.24, 2.45) is 0 Å². The Labute approximate surface area is 190 Å². The van der Waals surface area contributed by atoms with Crippen molar-refractivity contribution in [3.05, 3.63) is 82.9 Å². The van der Waals surface area contributed by atoms with E-state index in [1.54, 1.807) is 18.3 Å². The number of benzene rings is 2. The van der Waals surface area contributed by atoms with Gasteiger partial charge in [0.15, 0.2) is 5.82 Å². The standard InChI is InChI=1S/C26H24FN5O/c1-15-19-5-3-2-4-16(19)10-11-31(15)26(33)22-13-20(17-6-7-17)25-23(29-22)14-32(30-25)24-9-8-18(28)12-21(24)27/h2-5,8-9,12-15,17H,6-7,10-11,28H2,1H3. The molecule has 2 aromatic heterocycles. The number of carbonyl (C=O) groups is 1. The lowest BCUT2D eigenvalue weighted by molar-refractivity contribution is 0.0672. The average molecular weight is 442 g/mol. The Kier molecular flexibility index (Phi) is 4.47. The number of hydrogen-bond donors (Lipinski definition) is 1. The molecule has 1 atom stereocenters. The molecule has 1 amide bonds. The zero-order valence-electron chi connectivity index (χ0n) is 18.3. The quantitative estimate of drug-likeness (QED) is 0.464. The highest BCUT2D eigenvalue weighted by atomic mass is 19.1. The molecular formula is C26H24FN5O. The number of nitrogens with two attached hydrogens (primary N) is 1. The van der Waals surface area contributed by atoms with Crippen molar-refractivity contribution in [3.8, 4) is 5.69 Å². The van der Waals surface area contributed by atoms with Gasteiger partial charge in [0.1, 0.15) is 22.4 Å². The van der Waals surface area contributed by atoms with Crippen LogP contribution in [0.3, 0.4) is 0 Å². The van der Waals surface area contributed by atoms with Gasteiger partial charge in [0.25, 0.3) is 5.91 Å². The summed E-state index contributed by atoms with van der Waals surface area (Å²) in [6.45, 7) is 2.73. The first-order valence-corrected chi connectivity index (χ1v) is 11.3. The van der Waals surface area contributed by atoms with Crippen molar-refractivity contribution in [2.45, 2.75) is 38.1 Å². The largest absolute Gasteiger partial charge is 0.399 e. The van der Waals surface area contributed by atoms with Gasteiger partial charge in [-0.3, -0.25) is 4.79 Å². The third-order valence-electron chi connectivity index (χ3n) is 6.81. The zero-order chi connectivity index (χ0) is 22.7. The molecule has 4 aromatic rings. The summed E-state index contributed by atoms with van der Waals surface area (Å²) < 4.78 is 16.0. The van der Waals surface area contributed by atoms with Gasteiger partial charge in [-0.1, -0.05) is 24.3 Å². The molecule has 33 heavy (non-hydrogen) atoms. The molecule has 0 spiro atoms. The molecule has 166 valence electrons. The summed E-state index contributed by atoms with van der Waals surface area (Å²) in [6.07, 6.45) is 4.65. The number of pyridine rings is 1. The van der Waals surface area contributed by atoms with Crippen LogP contribution in [-0.4, -0.2) is 32.1 Å². The van der Waals surface area contributed by atoms with Crippen LogP contribution < -0.4 is 5.73 Å². The highest BCUT2D eigenvalue weighted by Crippen LogP contribution is 2.43. The van der Waals surface area contributed by atoms with Gasteiger partial charge in [-0.2, -0.15) is 5.10 Å². The van der Waals surface area contributed by atoms with E-state index < -0.39 is 5.82 Å². The summed E-state index contributed by atoms with van der Waals surface area (Å²) >= 11 is 0. The van der Waals surface area contributed by atoms with Crippen LogP contribution in [0.15, 0.2) is 54.7 Å². The van der Waals surface area contributed by atoms with E-state index in [1.165, 1.54) is 21.9 Å². The van der Waals surface area contributed by atoms with Crippen molar-refractivity contribution >= 4 is 22.6 Å². The molecule has 2 aliphatic rings. The molecule has 6 nitrogen and oxygen atoms in total. The maximum Gasteiger partial charge on any atom is 0.273 e. The van der Waals surface area contributed by atoms with E-state index in [0.717, 1.165) is 30.3 Å². The summed E-state index contributed by atoms with van der Waals surface area (Å²) in [5.74, 6) is -0.165. The van der Waals surface area contributed by atoms with Crippen molar-refractivity contribution in [3.63, 3.8) is 0 Å². The van der Waals surface area contributed by atoms with Gasteiger partial charge in [0, 0.05) is 12.2 Å². The molecule has 0 radical (unpaired) electrons. The fourth-order valence-corrected chi connectivity index (χ4v) is 4.87. The minimum atomic E-state index is -0.451. The van der Waals surface area contributed by atoms with Crippen LogP contribution in [0.5, 0.6) is 0 Å². The molecule has 1 unspecified atom stereocenters. The number of fused-ring (bicyclic) bond motifs is 2. The number of nitrogen functional groups attached to an aromatic ring is 1. The topological polar surface area (TPSA) is 77.0 Å². The van der Waals surface area contributed by atoms with E-state index in [2.05, 4.69) is 29.1 Å². The number of anilines is 1. The van der Waals surface area contributed by atoms with E-state index in [1.807, 2.05) is 23.1 Å². The SMILES string of the molecule is CC1c2ccccc2CCN1C(=O)c1cc(C2CC2)c2nn(-c3ccc(N)cc3F)cc2n1. The van der Waals surface area contributed by atoms with Gasteiger partial charge in [-0.05, 0) is 73.1 Å². The lowest BCUT2D eigenvalue weighted by atomic mass is 9.93. The Bertz CT molecular complexity index is 1410. The molecule has 6 rings (SSSR count). The highest BCUT2D eigenvalue weighted by molar-refractivity contribution is 5.96.